The summed E-state index contributed by atoms with van der Waals surface area (Å²) in [6, 6.07) is 9.06. The second-order valence-corrected chi connectivity index (χ2v) is 7.15. The Hall–Kier alpha value is -3.29. The van der Waals surface area contributed by atoms with Crippen molar-refractivity contribution in [3.8, 4) is 11.3 Å². The summed E-state index contributed by atoms with van der Waals surface area (Å²) in [5.41, 5.74) is 2.11. The number of anilines is 1. The van der Waals surface area contributed by atoms with Gasteiger partial charge in [-0.1, -0.05) is 0 Å². The van der Waals surface area contributed by atoms with Crippen molar-refractivity contribution in [1.82, 2.24) is 20.5 Å². The molecular formula is C21H21F2N5O. The van der Waals surface area contributed by atoms with E-state index in [9.17, 15) is 13.6 Å². The topological polar surface area (TPSA) is 73.9 Å². The van der Waals surface area contributed by atoms with E-state index < -0.39 is 11.6 Å². The first-order valence-corrected chi connectivity index (χ1v) is 9.54. The molecule has 0 radical (unpaired) electrons. The Bertz CT molecular complexity index is 984. The Morgan fingerprint density at radius 1 is 1.10 bits per heavy atom. The largest absolute Gasteiger partial charge is 0.355 e. The Labute approximate surface area is 167 Å². The lowest BCUT2D eigenvalue weighted by atomic mass is 9.96. The number of carbonyl (C=O) groups excluding carboxylic acids is 1. The number of piperidine rings is 1. The molecule has 4 rings (SSSR count). The number of pyridine rings is 1. The normalized spacial score (nSPS) is 14.8. The molecule has 0 aliphatic carbocycles. The van der Waals surface area contributed by atoms with E-state index >= 15 is 0 Å². The fraction of sp³-hybridized carbons (Fsp3) is 0.286. The lowest BCUT2D eigenvalue weighted by Crippen LogP contribution is -2.38. The molecule has 1 aliphatic rings. The van der Waals surface area contributed by atoms with Gasteiger partial charge in [0.05, 0.1) is 5.69 Å². The zero-order valence-corrected chi connectivity index (χ0v) is 15.7. The molecule has 0 saturated carbocycles. The molecule has 0 unspecified atom stereocenters. The van der Waals surface area contributed by atoms with Crippen LogP contribution in [0.1, 0.15) is 23.2 Å². The monoisotopic (exact) mass is 397 g/mol. The van der Waals surface area contributed by atoms with Crippen molar-refractivity contribution >= 4 is 11.7 Å². The van der Waals surface area contributed by atoms with Crippen LogP contribution in [0.15, 0.2) is 48.8 Å². The standard InChI is InChI=1S/C21H21F2N5O/c22-17-2-1-16(11-18(17)23)21(29)25-13-14-5-9-28(10-6-14)20-12-19(26-27-20)15-3-7-24-8-4-15/h1-4,7-8,11-12,14H,5-6,9-10,13H2,(H,25,29)(H,26,27). The van der Waals surface area contributed by atoms with Crippen molar-refractivity contribution in [2.45, 2.75) is 12.8 Å². The fourth-order valence-corrected chi connectivity index (χ4v) is 3.50. The number of aromatic amines is 1. The van der Waals surface area contributed by atoms with Gasteiger partial charge in [-0.25, -0.2) is 8.78 Å². The highest BCUT2D eigenvalue weighted by Gasteiger charge is 2.22. The Morgan fingerprint density at radius 2 is 1.86 bits per heavy atom. The Balaban J connectivity index is 1.28. The molecule has 1 aromatic carbocycles. The number of nitrogens with zero attached hydrogens (tertiary/aromatic N) is 3. The summed E-state index contributed by atoms with van der Waals surface area (Å²) in [6.45, 7) is 2.19. The summed E-state index contributed by atoms with van der Waals surface area (Å²) >= 11 is 0. The lowest BCUT2D eigenvalue weighted by Gasteiger charge is -2.32. The average Bonchev–Trinajstić information content (AvgIpc) is 3.25. The van der Waals surface area contributed by atoms with E-state index in [2.05, 4.69) is 25.4 Å². The van der Waals surface area contributed by atoms with Gasteiger partial charge in [0.25, 0.3) is 5.91 Å². The van der Waals surface area contributed by atoms with E-state index in [-0.39, 0.29) is 11.5 Å². The maximum Gasteiger partial charge on any atom is 0.251 e. The van der Waals surface area contributed by atoms with E-state index in [0.29, 0.717) is 12.5 Å². The summed E-state index contributed by atoms with van der Waals surface area (Å²) in [5, 5.41) is 10.3. The molecule has 6 nitrogen and oxygen atoms in total. The van der Waals surface area contributed by atoms with Gasteiger partial charge in [-0.3, -0.25) is 14.9 Å². The van der Waals surface area contributed by atoms with Crippen LogP contribution in [0, 0.1) is 17.6 Å². The third kappa shape index (κ3) is 4.42. The Kier molecular flexibility index (Phi) is 5.50. The number of H-pyrrole nitrogens is 1. The van der Waals surface area contributed by atoms with Gasteiger partial charge in [0.1, 0.15) is 0 Å². The molecule has 1 fully saturated rings. The van der Waals surface area contributed by atoms with Crippen LogP contribution < -0.4 is 10.2 Å². The number of amides is 1. The summed E-state index contributed by atoms with van der Waals surface area (Å²) in [7, 11) is 0. The average molecular weight is 397 g/mol. The highest BCUT2D eigenvalue weighted by Crippen LogP contribution is 2.25. The first-order valence-electron chi connectivity index (χ1n) is 9.54. The van der Waals surface area contributed by atoms with Crippen molar-refractivity contribution in [2.75, 3.05) is 24.5 Å². The molecule has 2 aromatic heterocycles. The maximum absolute atomic E-state index is 13.3. The van der Waals surface area contributed by atoms with E-state index in [1.165, 1.54) is 6.07 Å². The number of halogens is 2. The van der Waals surface area contributed by atoms with Gasteiger partial charge in [-0.2, -0.15) is 5.10 Å². The second kappa shape index (κ2) is 8.38. The van der Waals surface area contributed by atoms with Crippen molar-refractivity contribution in [3.05, 3.63) is 66.0 Å². The molecule has 0 spiro atoms. The summed E-state index contributed by atoms with van der Waals surface area (Å²) in [6.07, 6.45) is 5.32. The summed E-state index contributed by atoms with van der Waals surface area (Å²) in [5.74, 6) is -1.13. The zero-order chi connectivity index (χ0) is 20.2. The molecule has 1 amide bonds. The first-order chi connectivity index (χ1) is 14.1. The predicted molar refractivity (Wildman–Crippen MR) is 105 cm³/mol. The van der Waals surface area contributed by atoms with Gasteiger partial charge in [0.15, 0.2) is 17.5 Å². The minimum Gasteiger partial charge on any atom is -0.355 e. The van der Waals surface area contributed by atoms with Crippen LogP contribution in [0.25, 0.3) is 11.3 Å². The number of carbonyl (C=O) groups is 1. The number of hydrogen-bond donors (Lipinski definition) is 2. The number of aromatic nitrogens is 3. The fourth-order valence-electron chi connectivity index (χ4n) is 3.50. The quantitative estimate of drug-likeness (QED) is 0.692. The van der Waals surface area contributed by atoms with E-state index in [4.69, 9.17) is 0 Å². The van der Waals surface area contributed by atoms with Gasteiger partial charge < -0.3 is 10.2 Å². The SMILES string of the molecule is O=C(NCC1CCN(c2cc(-c3ccncc3)[nH]n2)CC1)c1ccc(F)c(F)c1. The third-order valence-corrected chi connectivity index (χ3v) is 5.23. The molecule has 3 heterocycles. The summed E-state index contributed by atoms with van der Waals surface area (Å²) in [4.78, 5) is 18.4. The van der Waals surface area contributed by atoms with Crippen molar-refractivity contribution < 1.29 is 13.6 Å². The van der Waals surface area contributed by atoms with E-state index in [0.717, 1.165) is 55.1 Å². The van der Waals surface area contributed by atoms with Crippen LogP contribution in [0.2, 0.25) is 0 Å². The minimum absolute atomic E-state index is 0.126. The predicted octanol–water partition coefficient (Wildman–Crippen LogP) is 3.40. The molecule has 1 aliphatic heterocycles. The molecular weight excluding hydrogens is 376 g/mol. The van der Waals surface area contributed by atoms with Gasteiger partial charge in [0.2, 0.25) is 0 Å². The molecule has 1 saturated heterocycles. The highest BCUT2D eigenvalue weighted by molar-refractivity contribution is 5.94. The molecule has 29 heavy (non-hydrogen) atoms. The molecule has 0 atom stereocenters. The van der Waals surface area contributed by atoms with Crippen LogP contribution in [0.5, 0.6) is 0 Å². The van der Waals surface area contributed by atoms with Crippen molar-refractivity contribution in [2.24, 2.45) is 5.92 Å². The van der Waals surface area contributed by atoms with Crippen LogP contribution in [-0.4, -0.2) is 40.7 Å². The van der Waals surface area contributed by atoms with Crippen LogP contribution in [0.4, 0.5) is 14.6 Å². The molecule has 0 bridgehead atoms. The van der Waals surface area contributed by atoms with Crippen LogP contribution >= 0.6 is 0 Å². The van der Waals surface area contributed by atoms with Gasteiger partial charge in [-0.05, 0) is 49.1 Å². The molecule has 3 aromatic rings. The van der Waals surface area contributed by atoms with Gasteiger partial charge in [-0.15, -0.1) is 0 Å². The van der Waals surface area contributed by atoms with Crippen LogP contribution in [0.3, 0.4) is 0 Å². The summed E-state index contributed by atoms with van der Waals surface area (Å²) < 4.78 is 26.3. The number of benzene rings is 1. The van der Waals surface area contributed by atoms with Crippen molar-refractivity contribution in [1.29, 1.82) is 0 Å². The van der Waals surface area contributed by atoms with Gasteiger partial charge >= 0.3 is 0 Å². The van der Waals surface area contributed by atoms with Crippen molar-refractivity contribution in [3.63, 3.8) is 0 Å². The van der Waals surface area contributed by atoms with E-state index in [1.54, 1.807) is 12.4 Å². The lowest BCUT2D eigenvalue weighted by molar-refractivity contribution is 0.0944. The number of nitrogens with one attached hydrogen (secondary N) is 2. The minimum atomic E-state index is -1.02. The molecule has 8 heteroatoms. The molecule has 150 valence electrons. The number of hydrogen-bond acceptors (Lipinski definition) is 4. The Morgan fingerprint density at radius 3 is 2.59 bits per heavy atom. The van der Waals surface area contributed by atoms with Crippen LogP contribution in [-0.2, 0) is 0 Å². The highest BCUT2D eigenvalue weighted by atomic mass is 19.2. The third-order valence-electron chi connectivity index (χ3n) is 5.23. The number of rotatable bonds is 5. The maximum atomic E-state index is 13.3. The van der Waals surface area contributed by atoms with Gasteiger partial charge in [0, 0.05) is 49.2 Å². The molecule has 2 N–H and O–H groups in total. The second-order valence-electron chi connectivity index (χ2n) is 7.15. The zero-order valence-electron chi connectivity index (χ0n) is 15.7. The first kappa shape index (κ1) is 19.0. The smallest absolute Gasteiger partial charge is 0.251 e. The van der Waals surface area contributed by atoms with E-state index in [1.807, 2.05) is 18.2 Å².